The second-order valence-corrected chi connectivity index (χ2v) is 5.92. The van der Waals surface area contributed by atoms with Gasteiger partial charge < -0.3 is 5.73 Å². The first-order valence-corrected chi connectivity index (χ1v) is 6.58. The molecular weight excluding hydrogens is 208 g/mol. The van der Waals surface area contributed by atoms with E-state index >= 15 is 0 Å². The fourth-order valence-electron chi connectivity index (χ4n) is 2.97. The number of nitrogens with zero attached hydrogens (tertiary/aromatic N) is 1. The maximum Gasteiger partial charge on any atom is 0.0234 e. The van der Waals surface area contributed by atoms with Crippen LogP contribution in [-0.4, -0.2) is 24.5 Å². The third-order valence-electron chi connectivity index (χ3n) is 3.98. The van der Waals surface area contributed by atoms with Crippen LogP contribution in [0.15, 0.2) is 30.3 Å². The summed E-state index contributed by atoms with van der Waals surface area (Å²) in [6.07, 6.45) is 1.15. The van der Waals surface area contributed by atoms with E-state index in [1.165, 1.54) is 18.7 Å². The van der Waals surface area contributed by atoms with E-state index in [0.29, 0.717) is 5.41 Å². The van der Waals surface area contributed by atoms with Crippen molar-refractivity contribution >= 4 is 0 Å². The van der Waals surface area contributed by atoms with Crippen LogP contribution in [0.1, 0.15) is 25.8 Å². The molecule has 0 saturated carbocycles. The largest absolute Gasteiger partial charge is 0.330 e. The first kappa shape index (κ1) is 12.6. The Morgan fingerprint density at radius 2 is 2.00 bits per heavy atom. The van der Waals surface area contributed by atoms with Gasteiger partial charge in [-0.05, 0) is 29.9 Å². The van der Waals surface area contributed by atoms with Gasteiger partial charge in [0.25, 0.3) is 0 Å². The lowest BCUT2D eigenvalue weighted by molar-refractivity contribution is 0.263. The summed E-state index contributed by atoms with van der Waals surface area (Å²) in [6.45, 7) is 9.01. The van der Waals surface area contributed by atoms with Gasteiger partial charge in [-0.1, -0.05) is 44.2 Å². The zero-order valence-corrected chi connectivity index (χ0v) is 11.0. The molecule has 2 rings (SSSR count). The van der Waals surface area contributed by atoms with Gasteiger partial charge in [-0.25, -0.2) is 0 Å². The first-order valence-electron chi connectivity index (χ1n) is 6.58. The number of nitrogens with two attached hydrogens (primary N) is 1. The van der Waals surface area contributed by atoms with Crippen LogP contribution in [0.3, 0.4) is 0 Å². The number of benzene rings is 1. The van der Waals surface area contributed by atoms with Gasteiger partial charge in [-0.3, -0.25) is 4.90 Å². The summed E-state index contributed by atoms with van der Waals surface area (Å²) < 4.78 is 0. The van der Waals surface area contributed by atoms with Crippen molar-refractivity contribution in [3.8, 4) is 0 Å². The molecule has 1 unspecified atom stereocenters. The Labute approximate surface area is 105 Å². The molecule has 0 spiro atoms. The van der Waals surface area contributed by atoms with Gasteiger partial charge in [0.15, 0.2) is 0 Å². The molecule has 1 aliphatic rings. The molecular formula is C15H24N2. The fraction of sp³-hybridized carbons (Fsp3) is 0.600. The van der Waals surface area contributed by atoms with E-state index in [4.69, 9.17) is 5.73 Å². The normalized spacial score (nSPS) is 24.1. The second kappa shape index (κ2) is 5.19. The van der Waals surface area contributed by atoms with Gasteiger partial charge >= 0.3 is 0 Å². The predicted octanol–water partition coefficient (Wildman–Crippen LogP) is 2.49. The van der Waals surface area contributed by atoms with E-state index in [2.05, 4.69) is 49.1 Å². The number of likely N-dealkylation sites (tertiary alicyclic amines) is 1. The highest BCUT2D eigenvalue weighted by Gasteiger charge is 2.38. The number of hydrogen-bond acceptors (Lipinski definition) is 2. The number of hydrogen-bond donors (Lipinski definition) is 1. The summed E-state index contributed by atoms with van der Waals surface area (Å²) in [5, 5.41) is 0. The average molecular weight is 232 g/mol. The van der Waals surface area contributed by atoms with Crippen LogP contribution in [0.5, 0.6) is 0 Å². The van der Waals surface area contributed by atoms with Crippen LogP contribution in [-0.2, 0) is 6.54 Å². The van der Waals surface area contributed by atoms with Crippen LogP contribution >= 0.6 is 0 Å². The molecule has 0 aromatic heterocycles. The average Bonchev–Trinajstić information content (AvgIpc) is 2.55. The summed E-state index contributed by atoms with van der Waals surface area (Å²) in [4.78, 5) is 2.57. The van der Waals surface area contributed by atoms with E-state index in [1.807, 2.05) is 0 Å². The topological polar surface area (TPSA) is 29.3 Å². The molecule has 1 saturated heterocycles. The zero-order chi connectivity index (χ0) is 12.3. The molecule has 1 atom stereocenters. The predicted molar refractivity (Wildman–Crippen MR) is 72.7 cm³/mol. The van der Waals surface area contributed by atoms with E-state index in [0.717, 1.165) is 25.4 Å². The van der Waals surface area contributed by atoms with E-state index in [1.54, 1.807) is 0 Å². The molecule has 1 fully saturated rings. The van der Waals surface area contributed by atoms with Gasteiger partial charge in [0.2, 0.25) is 0 Å². The fourth-order valence-corrected chi connectivity index (χ4v) is 2.97. The minimum Gasteiger partial charge on any atom is -0.330 e. The van der Waals surface area contributed by atoms with Crippen molar-refractivity contribution in [2.75, 3.05) is 19.6 Å². The van der Waals surface area contributed by atoms with Gasteiger partial charge in [0.1, 0.15) is 0 Å². The Morgan fingerprint density at radius 3 is 2.65 bits per heavy atom. The third kappa shape index (κ3) is 3.08. The lowest BCUT2D eigenvalue weighted by Crippen LogP contribution is -2.24. The molecule has 2 nitrogen and oxygen atoms in total. The summed E-state index contributed by atoms with van der Waals surface area (Å²) >= 11 is 0. The molecule has 94 valence electrons. The lowest BCUT2D eigenvalue weighted by Gasteiger charge is -2.25. The van der Waals surface area contributed by atoms with Crippen LogP contribution in [0.4, 0.5) is 0 Å². The molecule has 0 amide bonds. The maximum atomic E-state index is 5.71. The Morgan fingerprint density at radius 1 is 1.29 bits per heavy atom. The minimum absolute atomic E-state index is 0.411. The van der Waals surface area contributed by atoms with Crippen molar-refractivity contribution in [2.45, 2.75) is 26.8 Å². The van der Waals surface area contributed by atoms with Crippen molar-refractivity contribution in [3.05, 3.63) is 35.9 Å². The highest BCUT2D eigenvalue weighted by molar-refractivity contribution is 5.14. The highest BCUT2D eigenvalue weighted by Crippen LogP contribution is 2.37. The smallest absolute Gasteiger partial charge is 0.0234 e. The molecule has 0 bridgehead atoms. The Bertz CT molecular complexity index is 345. The van der Waals surface area contributed by atoms with Crippen LogP contribution < -0.4 is 5.73 Å². The second-order valence-electron chi connectivity index (χ2n) is 5.92. The Hall–Kier alpha value is -0.860. The monoisotopic (exact) mass is 232 g/mol. The first-order chi connectivity index (χ1) is 8.12. The van der Waals surface area contributed by atoms with Crippen molar-refractivity contribution in [1.29, 1.82) is 0 Å². The Kier molecular flexibility index (Phi) is 3.85. The minimum atomic E-state index is 0.411. The number of rotatable bonds is 4. The van der Waals surface area contributed by atoms with E-state index in [-0.39, 0.29) is 0 Å². The van der Waals surface area contributed by atoms with E-state index < -0.39 is 0 Å². The molecule has 0 aliphatic carbocycles. The summed E-state index contributed by atoms with van der Waals surface area (Å²) in [6, 6.07) is 10.7. The molecule has 1 aliphatic heterocycles. The quantitative estimate of drug-likeness (QED) is 0.864. The van der Waals surface area contributed by atoms with Crippen LogP contribution in [0, 0.1) is 11.3 Å². The van der Waals surface area contributed by atoms with Crippen molar-refractivity contribution in [1.82, 2.24) is 4.90 Å². The van der Waals surface area contributed by atoms with E-state index in [9.17, 15) is 0 Å². The molecule has 1 heterocycles. The summed E-state index contributed by atoms with van der Waals surface area (Å²) in [7, 11) is 0. The molecule has 1 aromatic rings. The molecule has 1 aromatic carbocycles. The Balaban J connectivity index is 1.97. The maximum absolute atomic E-state index is 5.71. The molecule has 2 N–H and O–H groups in total. The van der Waals surface area contributed by atoms with Gasteiger partial charge in [0.05, 0.1) is 0 Å². The summed E-state index contributed by atoms with van der Waals surface area (Å²) in [5.74, 6) is 0.746. The molecule has 0 radical (unpaired) electrons. The third-order valence-corrected chi connectivity index (χ3v) is 3.98. The van der Waals surface area contributed by atoms with Crippen molar-refractivity contribution < 1.29 is 0 Å². The van der Waals surface area contributed by atoms with Crippen LogP contribution in [0.2, 0.25) is 0 Å². The highest BCUT2D eigenvalue weighted by atomic mass is 15.2. The lowest BCUT2D eigenvalue weighted by atomic mass is 9.80. The van der Waals surface area contributed by atoms with Crippen molar-refractivity contribution in [3.63, 3.8) is 0 Å². The van der Waals surface area contributed by atoms with Crippen LogP contribution in [0.25, 0.3) is 0 Å². The van der Waals surface area contributed by atoms with Gasteiger partial charge in [-0.2, -0.15) is 0 Å². The zero-order valence-electron chi connectivity index (χ0n) is 11.0. The van der Waals surface area contributed by atoms with Gasteiger partial charge in [-0.15, -0.1) is 0 Å². The standard InChI is InChI=1S/C15H24N2/c1-15(2)12-17(11-14(15)8-9-16)10-13-6-4-3-5-7-13/h3-7,14H,8-12,16H2,1-2H3. The summed E-state index contributed by atoms with van der Waals surface area (Å²) in [5.41, 5.74) is 7.53. The molecule has 2 heteroatoms. The SMILES string of the molecule is CC1(C)CN(Cc2ccccc2)CC1CCN. The van der Waals surface area contributed by atoms with Crippen molar-refractivity contribution in [2.24, 2.45) is 17.1 Å². The van der Waals surface area contributed by atoms with Gasteiger partial charge in [0, 0.05) is 19.6 Å². The molecule has 17 heavy (non-hydrogen) atoms.